The van der Waals surface area contributed by atoms with E-state index in [2.05, 4.69) is 0 Å². The van der Waals surface area contributed by atoms with Crippen LogP contribution in [0.15, 0.2) is 30.3 Å². The van der Waals surface area contributed by atoms with Gasteiger partial charge in [0, 0.05) is 19.8 Å². The van der Waals surface area contributed by atoms with Crippen LogP contribution in [-0.2, 0) is 23.7 Å². The molecule has 5 atom stereocenters. The number of methoxy groups -OCH3 is 2. The van der Waals surface area contributed by atoms with Gasteiger partial charge in [-0.3, -0.25) is 0 Å². The van der Waals surface area contributed by atoms with E-state index in [1.165, 1.54) is 14.2 Å². The van der Waals surface area contributed by atoms with Crippen molar-refractivity contribution < 1.29 is 32.5 Å². The van der Waals surface area contributed by atoms with Gasteiger partial charge in [0.05, 0.1) is 6.61 Å². The van der Waals surface area contributed by atoms with Gasteiger partial charge in [0.1, 0.15) is 12.2 Å². The molecule has 2 heterocycles. The molecule has 122 valence electrons. The number of hydrogen-bond donors (Lipinski definition) is 0. The maximum absolute atomic E-state index is 14.3. The lowest BCUT2D eigenvalue weighted by Gasteiger charge is -2.48. The zero-order valence-electron chi connectivity index (χ0n) is 12.3. The van der Waals surface area contributed by atoms with Gasteiger partial charge in [0.25, 0.3) is 0 Å². The number of benzene rings is 1. The summed E-state index contributed by atoms with van der Waals surface area (Å²) in [7, 11) is 2.40. The van der Waals surface area contributed by atoms with Crippen molar-refractivity contribution >= 4 is 0 Å². The van der Waals surface area contributed by atoms with Crippen molar-refractivity contribution in [3.05, 3.63) is 35.9 Å². The van der Waals surface area contributed by atoms with Crippen molar-refractivity contribution in [1.29, 1.82) is 0 Å². The minimum atomic E-state index is -3.32. The van der Waals surface area contributed by atoms with Gasteiger partial charge in [0.15, 0.2) is 12.4 Å². The fraction of sp³-hybridized carbons (Fsp3) is 0.600. The summed E-state index contributed by atoms with van der Waals surface area (Å²) in [5.74, 6) is -3.32. The van der Waals surface area contributed by atoms with Crippen LogP contribution < -0.4 is 0 Å². The van der Waals surface area contributed by atoms with E-state index in [0.717, 1.165) is 5.56 Å². The van der Waals surface area contributed by atoms with Crippen LogP contribution >= 0.6 is 0 Å². The van der Waals surface area contributed by atoms with Crippen LogP contribution in [0, 0.1) is 0 Å². The topological polar surface area (TPSA) is 46.2 Å². The van der Waals surface area contributed by atoms with E-state index in [-0.39, 0.29) is 6.61 Å². The first-order valence-corrected chi connectivity index (χ1v) is 6.98. The lowest BCUT2D eigenvalue weighted by Crippen LogP contribution is -2.65. The summed E-state index contributed by atoms with van der Waals surface area (Å²) in [6.45, 7) is 0.125. The summed E-state index contributed by atoms with van der Waals surface area (Å²) in [6.07, 6.45) is -5.48. The molecule has 0 saturated carbocycles. The van der Waals surface area contributed by atoms with Crippen molar-refractivity contribution in [3.8, 4) is 0 Å². The summed E-state index contributed by atoms with van der Waals surface area (Å²) in [5, 5.41) is 0. The van der Waals surface area contributed by atoms with Crippen molar-refractivity contribution in [3.63, 3.8) is 0 Å². The van der Waals surface area contributed by atoms with Crippen LogP contribution in [0.2, 0.25) is 0 Å². The molecule has 2 aliphatic rings. The van der Waals surface area contributed by atoms with E-state index in [0.29, 0.717) is 0 Å². The van der Waals surface area contributed by atoms with Gasteiger partial charge in [-0.25, -0.2) is 0 Å². The molecule has 0 amide bonds. The van der Waals surface area contributed by atoms with E-state index in [9.17, 15) is 8.78 Å². The maximum atomic E-state index is 14.3. The van der Waals surface area contributed by atoms with Crippen molar-refractivity contribution in [2.75, 3.05) is 20.8 Å². The molecule has 0 radical (unpaired) electrons. The highest BCUT2D eigenvalue weighted by atomic mass is 19.3. The molecule has 1 aromatic rings. The second kappa shape index (κ2) is 6.17. The molecule has 5 nitrogen and oxygen atoms in total. The molecule has 0 N–H and O–H groups in total. The highest BCUT2D eigenvalue weighted by molar-refractivity contribution is 5.16. The molecule has 0 aliphatic carbocycles. The Bertz CT molecular complexity index is 498. The summed E-state index contributed by atoms with van der Waals surface area (Å²) < 4.78 is 55.0. The Balaban J connectivity index is 1.82. The predicted octanol–water partition coefficient (Wildman–Crippen LogP) is 2.12. The summed E-state index contributed by atoms with van der Waals surface area (Å²) in [4.78, 5) is 0. The van der Waals surface area contributed by atoms with Gasteiger partial charge in [-0.15, -0.1) is 0 Å². The van der Waals surface area contributed by atoms with Crippen LogP contribution in [-0.4, -0.2) is 51.4 Å². The SMILES string of the molecule is CO[C@H]1O[C@@H]2CO[C@@H](c3ccccc3)O[C@H]2[C@@H](OC)C1(F)F. The van der Waals surface area contributed by atoms with Gasteiger partial charge >= 0.3 is 5.92 Å². The van der Waals surface area contributed by atoms with Crippen molar-refractivity contribution in [2.24, 2.45) is 0 Å². The third kappa shape index (κ3) is 2.63. The standard InChI is InChI=1S/C15H18F2O5/c1-18-12-11-10(21-14(19-2)15(12,16)17)8-20-13(22-11)9-6-4-3-5-7-9/h3-7,10-14H,8H2,1-2H3/t10-,11-,12-,13-,14+/m1/s1. The summed E-state index contributed by atoms with van der Waals surface area (Å²) in [5.41, 5.74) is 0.757. The third-order valence-corrected chi connectivity index (χ3v) is 3.89. The first-order valence-electron chi connectivity index (χ1n) is 6.98. The van der Waals surface area contributed by atoms with Crippen molar-refractivity contribution in [1.82, 2.24) is 0 Å². The van der Waals surface area contributed by atoms with Gasteiger partial charge < -0.3 is 23.7 Å². The molecule has 0 spiro atoms. The third-order valence-electron chi connectivity index (χ3n) is 3.89. The molecule has 1 aromatic carbocycles. The summed E-state index contributed by atoms with van der Waals surface area (Å²) >= 11 is 0. The van der Waals surface area contributed by atoms with Gasteiger partial charge in [0.2, 0.25) is 6.29 Å². The maximum Gasteiger partial charge on any atom is 0.325 e. The molecule has 2 fully saturated rings. The smallest absolute Gasteiger partial charge is 0.325 e. The average Bonchev–Trinajstić information content (AvgIpc) is 2.54. The number of ether oxygens (including phenoxy) is 5. The van der Waals surface area contributed by atoms with E-state index in [1.54, 1.807) is 0 Å². The summed E-state index contributed by atoms with van der Waals surface area (Å²) in [6, 6.07) is 9.14. The highest BCUT2D eigenvalue weighted by Crippen LogP contribution is 2.42. The molecule has 22 heavy (non-hydrogen) atoms. The highest BCUT2D eigenvalue weighted by Gasteiger charge is 2.61. The number of rotatable bonds is 3. The van der Waals surface area contributed by atoms with E-state index in [1.807, 2.05) is 30.3 Å². The molecule has 3 rings (SSSR count). The molecular formula is C15H18F2O5. The van der Waals surface area contributed by atoms with E-state index < -0.39 is 36.8 Å². The molecule has 0 unspecified atom stereocenters. The number of alkyl halides is 2. The van der Waals surface area contributed by atoms with Gasteiger partial charge in [-0.2, -0.15) is 8.78 Å². The zero-order chi connectivity index (χ0) is 15.7. The quantitative estimate of drug-likeness (QED) is 0.855. The minimum Gasteiger partial charge on any atom is -0.372 e. The molecule has 2 saturated heterocycles. The van der Waals surface area contributed by atoms with Gasteiger partial charge in [-0.05, 0) is 0 Å². The Morgan fingerprint density at radius 1 is 1.09 bits per heavy atom. The fourth-order valence-corrected chi connectivity index (χ4v) is 2.82. The van der Waals surface area contributed by atoms with Crippen LogP contribution in [0.3, 0.4) is 0 Å². The van der Waals surface area contributed by atoms with Crippen LogP contribution in [0.4, 0.5) is 8.78 Å². The molecule has 0 bridgehead atoms. The fourth-order valence-electron chi connectivity index (χ4n) is 2.82. The first kappa shape index (κ1) is 15.8. The molecule has 0 aromatic heterocycles. The second-order valence-electron chi connectivity index (χ2n) is 5.25. The van der Waals surface area contributed by atoms with Crippen molar-refractivity contribution in [2.45, 2.75) is 36.8 Å². The normalized spacial score (nSPS) is 37.5. The van der Waals surface area contributed by atoms with Crippen LogP contribution in [0.25, 0.3) is 0 Å². The molecular weight excluding hydrogens is 298 g/mol. The first-order chi connectivity index (χ1) is 10.6. The Labute approximate surface area is 127 Å². The van der Waals surface area contributed by atoms with Gasteiger partial charge in [-0.1, -0.05) is 30.3 Å². The minimum absolute atomic E-state index is 0.125. The predicted molar refractivity (Wildman–Crippen MR) is 71.4 cm³/mol. The largest absolute Gasteiger partial charge is 0.372 e. The number of halogens is 2. The Kier molecular flexibility index (Phi) is 4.42. The Hall–Kier alpha value is -1.12. The van der Waals surface area contributed by atoms with E-state index >= 15 is 0 Å². The Morgan fingerprint density at radius 3 is 2.45 bits per heavy atom. The lowest BCUT2D eigenvalue weighted by atomic mass is 9.96. The van der Waals surface area contributed by atoms with E-state index in [4.69, 9.17) is 23.7 Å². The second-order valence-corrected chi connectivity index (χ2v) is 5.25. The Morgan fingerprint density at radius 2 is 1.82 bits per heavy atom. The lowest BCUT2D eigenvalue weighted by molar-refractivity contribution is -0.397. The monoisotopic (exact) mass is 316 g/mol. The molecule has 2 aliphatic heterocycles. The van der Waals surface area contributed by atoms with Crippen LogP contribution in [0.1, 0.15) is 11.9 Å². The number of hydrogen-bond acceptors (Lipinski definition) is 5. The zero-order valence-corrected chi connectivity index (χ0v) is 12.3. The average molecular weight is 316 g/mol. The molecule has 7 heteroatoms. The number of fused-ring (bicyclic) bond motifs is 1. The van der Waals surface area contributed by atoms with Crippen LogP contribution in [0.5, 0.6) is 0 Å².